The molecule has 2 N–H and O–H groups in total. The molecule has 0 spiro atoms. The molecular formula is C18H18O6S2-2. The fourth-order valence-corrected chi connectivity index (χ4v) is 2.75. The molecule has 140 valence electrons. The van der Waals surface area contributed by atoms with Crippen LogP contribution in [0.1, 0.15) is 18.1 Å². The van der Waals surface area contributed by atoms with Crippen molar-refractivity contribution in [1.29, 1.82) is 0 Å². The molecule has 2 aromatic carbocycles. The highest BCUT2D eigenvalue weighted by molar-refractivity contribution is 7.79. The maximum Gasteiger partial charge on any atom is 0.122 e. The van der Waals surface area contributed by atoms with E-state index in [4.69, 9.17) is 0 Å². The summed E-state index contributed by atoms with van der Waals surface area (Å²) in [4.78, 5) is 0.348. The lowest BCUT2D eigenvalue weighted by Crippen LogP contribution is -1.91. The summed E-state index contributed by atoms with van der Waals surface area (Å²) in [5, 5.41) is 18.6. The van der Waals surface area contributed by atoms with E-state index in [1.54, 1.807) is 25.2 Å². The number of benzene rings is 2. The molecule has 2 aromatic rings. The molecule has 0 amide bonds. The molecule has 0 bridgehead atoms. The topological polar surface area (TPSA) is 121 Å². The van der Waals surface area contributed by atoms with E-state index in [1.165, 1.54) is 36.4 Å². The lowest BCUT2D eigenvalue weighted by atomic mass is 10.1. The summed E-state index contributed by atoms with van der Waals surface area (Å²) >= 11 is -4.49. The second kappa shape index (κ2) is 10.7. The highest BCUT2D eigenvalue weighted by Gasteiger charge is 2.01. The number of hydrogen-bond acceptors (Lipinski definition) is 6. The van der Waals surface area contributed by atoms with Crippen LogP contribution in [0.2, 0.25) is 0 Å². The molecule has 0 aliphatic rings. The van der Waals surface area contributed by atoms with Crippen LogP contribution in [0.15, 0.2) is 64.9 Å². The van der Waals surface area contributed by atoms with Crippen LogP contribution < -0.4 is 0 Å². The Balaban J connectivity index is 0.000000260. The van der Waals surface area contributed by atoms with Crippen LogP contribution in [0.3, 0.4) is 0 Å². The van der Waals surface area contributed by atoms with E-state index in [1.807, 2.05) is 0 Å². The van der Waals surface area contributed by atoms with Crippen LogP contribution in [0.5, 0.6) is 11.5 Å². The van der Waals surface area contributed by atoms with Gasteiger partial charge >= 0.3 is 0 Å². The quantitative estimate of drug-likeness (QED) is 0.594. The standard InChI is InChI=1S/2C9H10O3S/c2*1-2-3-7-6-8(13(11)12)4-5-9(7)10/h2-6,10H,1H3,(H,11,12);2,4-6,10H,1,3H2,(H,11,12)/p-2. The summed E-state index contributed by atoms with van der Waals surface area (Å²) in [6.45, 7) is 5.30. The Morgan fingerprint density at radius 2 is 1.54 bits per heavy atom. The van der Waals surface area contributed by atoms with E-state index in [-0.39, 0.29) is 21.3 Å². The largest absolute Gasteiger partial charge is 0.768 e. The molecule has 2 unspecified atom stereocenters. The first-order valence-electron chi connectivity index (χ1n) is 7.37. The van der Waals surface area contributed by atoms with Crippen LogP contribution in [0.4, 0.5) is 0 Å². The Morgan fingerprint density at radius 1 is 1.00 bits per heavy atom. The summed E-state index contributed by atoms with van der Waals surface area (Å²) in [7, 11) is 0. The van der Waals surface area contributed by atoms with Gasteiger partial charge in [-0.15, -0.1) is 6.58 Å². The third-order valence-electron chi connectivity index (χ3n) is 3.15. The Bertz CT molecular complexity index is 846. The zero-order valence-electron chi connectivity index (χ0n) is 14.0. The maximum atomic E-state index is 10.6. The van der Waals surface area contributed by atoms with Gasteiger partial charge in [0, 0.05) is 15.4 Å². The van der Waals surface area contributed by atoms with Gasteiger partial charge in [-0.1, -0.05) is 18.2 Å². The average Bonchev–Trinajstić information content (AvgIpc) is 2.59. The van der Waals surface area contributed by atoms with Crippen molar-refractivity contribution < 1.29 is 27.7 Å². The number of rotatable bonds is 5. The molecule has 6 nitrogen and oxygen atoms in total. The minimum atomic E-state index is -2.25. The first-order valence-corrected chi connectivity index (χ1v) is 9.52. The highest BCUT2D eigenvalue weighted by Crippen LogP contribution is 2.21. The van der Waals surface area contributed by atoms with Crippen molar-refractivity contribution in [3.05, 3.63) is 66.3 Å². The summed E-state index contributed by atoms with van der Waals surface area (Å²) in [6.07, 6.45) is 5.43. The Morgan fingerprint density at radius 3 is 2.04 bits per heavy atom. The van der Waals surface area contributed by atoms with Gasteiger partial charge in [0.1, 0.15) is 11.5 Å². The fourth-order valence-electron chi connectivity index (χ4n) is 1.93. The highest BCUT2D eigenvalue weighted by atomic mass is 32.2. The van der Waals surface area contributed by atoms with Crippen LogP contribution >= 0.6 is 0 Å². The zero-order chi connectivity index (χ0) is 19.7. The molecule has 8 heteroatoms. The minimum Gasteiger partial charge on any atom is -0.768 e. The van der Waals surface area contributed by atoms with Crippen molar-refractivity contribution in [3.8, 4) is 11.5 Å². The lowest BCUT2D eigenvalue weighted by molar-refractivity contribution is 0.468. The second-order valence-electron chi connectivity index (χ2n) is 4.97. The third kappa shape index (κ3) is 6.57. The van der Waals surface area contributed by atoms with Crippen LogP contribution in [0.25, 0.3) is 6.08 Å². The van der Waals surface area contributed by atoms with Crippen molar-refractivity contribution in [2.75, 3.05) is 0 Å². The first-order chi connectivity index (χ1) is 12.3. The Hall–Kier alpha value is -2.26. The van der Waals surface area contributed by atoms with Gasteiger partial charge in [-0.05, 0) is 77.5 Å². The molecule has 2 rings (SSSR count). The van der Waals surface area contributed by atoms with E-state index in [0.29, 0.717) is 17.5 Å². The molecule has 26 heavy (non-hydrogen) atoms. The molecule has 0 heterocycles. The van der Waals surface area contributed by atoms with E-state index >= 15 is 0 Å². The van der Waals surface area contributed by atoms with Crippen molar-refractivity contribution in [1.82, 2.24) is 0 Å². The molecular weight excluding hydrogens is 376 g/mol. The minimum absolute atomic E-state index is 0.0762. The van der Waals surface area contributed by atoms with Crippen LogP contribution in [-0.4, -0.2) is 27.7 Å². The molecule has 0 radical (unpaired) electrons. The van der Waals surface area contributed by atoms with E-state index in [2.05, 4.69) is 6.58 Å². The zero-order valence-corrected chi connectivity index (χ0v) is 15.6. The van der Waals surface area contributed by atoms with Crippen LogP contribution in [0, 0.1) is 0 Å². The van der Waals surface area contributed by atoms with Gasteiger partial charge in [0.2, 0.25) is 0 Å². The van der Waals surface area contributed by atoms with Crippen molar-refractivity contribution in [2.24, 2.45) is 0 Å². The third-order valence-corrected chi connectivity index (χ3v) is 4.42. The molecule has 0 aliphatic heterocycles. The van der Waals surface area contributed by atoms with Gasteiger partial charge in [-0.2, -0.15) is 0 Å². The summed E-state index contributed by atoms with van der Waals surface area (Å²) in [6, 6.07) is 8.28. The predicted molar refractivity (Wildman–Crippen MR) is 99.2 cm³/mol. The van der Waals surface area contributed by atoms with Gasteiger partial charge in [0.05, 0.1) is 0 Å². The lowest BCUT2D eigenvalue weighted by Gasteiger charge is -2.07. The van der Waals surface area contributed by atoms with Gasteiger partial charge < -0.3 is 19.3 Å². The average molecular weight is 394 g/mol. The molecule has 0 fully saturated rings. The van der Waals surface area contributed by atoms with E-state index in [0.717, 1.165) is 0 Å². The Kier molecular flexibility index (Phi) is 8.94. The smallest absolute Gasteiger partial charge is 0.122 e. The molecule has 0 saturated carbocycles. The van der Waals surface area contributed by atoms with Gasteiger partial charge in [0.15, 0.2) is 0 Å². The summed E-state index contributed by atoms with van der Waals surface area (Å²) in [5.74, 6) is 0.168. The number of allylic oxidation sites excluding steroid dienone is 2. The van der Waals surface area contributed by atoms with E-state index in [9.17, 15) is 27.7 Å². The van der Waals surface area contributed by atoms with E-state index < -0.39 is 22.2 Å². The van der Waals surface area contributed by atoms with Gasteiger partial charge in [-0.25, -0.2) is 0 Å². The monoisotopic (exact) mass is 394 g/mol. The Labute approximate surface area is 157 Å². The molecule has 0 aliphatic carbocycles. The number of aromatic hydroxyl groups is 2. The van der Waals surface area contributed by atoms with Crippen molar-refractivity contribution >= 4 is 28.2 Å². The number of phenolic OH excluding ortho intramolecular Hbond substituents is 2. The normalized spacial score (nSPS) is 12.9. The number of phenols is 2. The number of hydrogen-bond donors (Lipinski definition) is 2. The van der Waals surface area contributed by atoms with Crippen molar-refractivity contribution in [2.45, 2.75) is 23.1 Å². The first kappa shape index (κ1) is 21.8. The second-order valence-corrected chi connectivity index (χ2v) is 6.85. The summed E-state index contributed by atoms with van der Waals surface area (Å²) < 4.78 is 42.2. The summed E-state index contributed by atoms with van der Waals surface area (Å²) in [5.41, 5.74) is 1.07. The fraction of sp³-hybridized carbons (Fsp3) is 0.111. The maximum absolute atomic E-state index is 10.6. The predicted octanol–water partition coefficient (Wildman–Crippen LogP) is 3.02. The van der Waals surface area contributed by atoms with Crippen LogP contribution in [-0.2, 0) is 28.6 Å². The van der Waals surface area contributed by atoms with Gasteiger partial charge in [-0.3, -0.25) is 8.42 Å². The molecule has 0 saturated heterocycles. The molecule has 2 atom stereocenters. The van der Waals surface area contributed by atoms with Crippen molar-refractivity contribution in [3.63, 3.8) is 0 Å². The SMILES string of the molecule is C=CCc1cc(S(=O)[O-])ccc1O.CC=Cc1cc(S(=O)[O-])ccc1O. The van der Waals surface area contributed by atoms with Gasteiger partial charge in [0.25, 0.3) is 0 Å². The molecule has 0 aromatic heterocycles.